The number of aliphatic hydroxyl groups excluding tert-OH is 2. The van der Waals surface area contributed by atoms with Crippen LogP contribution in [0.2, 0.25) is 0 Å². The second kappa shape index (κ2) is 12.3. The van der Waals surface area contributed by atoms with Crippen LogP contribution in [-0.4, -0.2) is 93.0 Å². The van der Waals surface area contributed by atoms with Crippen LogP contribution in [0.4, 0.5) is 11.8 Å². The maximum atomic E-state index is 13.5. The van der Waals surface area contributed by atoms with Crippen LogP contribution in [-0.2, 0) is 32.2 Å². The minimum atomic E-state index is -4.23. The molecule has 0 spiro atoms. The summed E-state index contributed by atoms with van der Waals surface area (Å²) in [5, 5.41) is 20.8. The number of hydrogen-bond acceptors (Lipinski definition) is 17. The molecule has 2 saturated heterocycles. The van der Waals surface area contributed by atoms with Crippen LogP contribution in [0.25, 0.3) is 22.3 Å². The van der Waals surface area contributed by atoms with Crippen LogP contribution in [0.3, 0.4) is 0 Å². The summed E-state index contributed by atoms with van der Waals surface area (Å²) in [4.78, 5) is 34.9. The van der Waals surface area contributed by atoms with E-state index < -0.39 is 75.8 Å². The van der Waals surface area contributed by atoms with Gasteiger partial charge in [0, 0.05) is 6.42 Å². The highest BCUT2D eigenvalue weighted by Gasteiger charge is 2.48. The monoisotopic (exact) mass is 692 g/mol. The lowest BCUT2D eigenvalue weighted by atomic mass is 10.1. The molecule has 3 unspecified atom stereocenters. The Morgan fingerprint density at radius 3 is 2.59 bits per heavy atom. The zero-order valence-electron chi connectivity index (χ0n) is 22.2. The molecule has 6 heterocycles. The molecule has 0 radical (unpaired) electrons. The summed E-state index contributed by atoms with van der Waals surface area (Å²) in [7, 11) is -2.89. The van der Waals surface area contributed by atoms with Crippen molar-refractivity contribution in [2.24, 2.45) is 0 Å². The number of nitrogens with zero attached hydrogens (tertiary/aromatic N) is 7. The van der Waals surface area contributed by atoms with E-state index in [1.807, 2.05) is 0 Å². The smallest absolute Gasteiger partial charge is 0.386 e. The number of imidazole rings is 2. The van der Waals surface area contributed by atoms with Crippen molar-refractivity contribution in [2.75, 3.05) is 24.7 Å². The quantitative estimate of drug-likeness (QED) is 0.0837. The van der Waals surface area contributed by atoms with E-state index in [0.717, 1.165) is 0 Å². The third-order valence-corrected chi connectivity index (χ3v) is 9.38. The molecule has 0 aromatic carbocycles. The number of anilines is 2. The lowest BCUT2D eigenvalue weighted by molar-refractivity contribution is -0.0543. The number of ether oxygens (including phenoxy) is 2. The number of rotatable bonds is 10. The molecule has 0 aliphatic carbocycles. The lowest BCUT2D eigenvalue weighted by Crippen LogP contribution is -2.34. The summed E-state index contributed by atoms with van der Waals surface area (Å²) < 4.78 is 56.5. The van der Waals surface area contributed by atoms with E-state index in [1.54, 1.807) is 0 Å². The van der Waals surface area contributed by atoms with Crippen molar-refractivity contribution in [3.05, 3.63) is 29.3 Å². The molecule has 4 aromatic heterocycles. The Labute approximate surface area is 257 Å². The lowest BCUT2D eigenvalue weighted by Gasteiger charge is -2.24. The number of fused-ring (bicyclic) bond motifs is 2. The minimum Gasteiger partial charge on any atom is -0.394 e. The Hall–Kier alpha value is -2.62. The standard InChI is InChI=1S/C20H26N10O10P2S2/c21-14-10-15(24-4-23-14)29(5-25-10)19-12(32)13(39-41(34)43)9(38-19)3-36-42(35,44)40-8-1-7(2-31)37-18(8)30-6-26-11-16(30)27-20(22)28-17(11)33/h4-9,12-13,18-19,31-32,41H,1-3H2,(H,34,43)(H,35,44)(H2,21,23,24)(H3,22,27,28,33)/t7-,8-,9+,12-,13?,18+,19+,42?/m0/s1. The van der Waals surface area contributed by atoms with Crippen molar-refractivity contribution in [3.8, 4) is 0 Å². The Kier molecular flexibility index (Phi) is 8.76. The fraction of sp³-hybridized carbons (Fsp3) is 0.500. The first-order valence-corrected chi connectivity index (χ1v) is 18.1. The molecule has 44 heavy (non-hydrogen) atoms. The molecule has 2 fully saturated rings. The summed E-state index contributed by atoms with van der Waals surface area (Å²) in [5.41, 5.74) is 11.5. The maximum Gasteiger partial charge on any atom is 0.386 e. The van der Waals surface area contributed by atoms with E-state index >= 15 is 0 Å². The van der Waals surface area contributed by atoms with Gasteiger partial charge in [-0.05, 0) is 0 Å². The molecule has 9 atom stereocenters. The fourth-order valence-electron chi connectivity index (χ4n) is 5.07. The highest BCUT2D eigenvalue weighted by Crippen LogP contribution is 2.57. The van der Waals surface area contributed by atoms with Gasteiger partial charge in [-0.25, -0.2) is 24.5 Å². The van der Waals surface area contributed by atoms with E-state index in [0.29, 0.717) is 0 Å². The first kappa shape index (κ1) is 31.4. The molecule has 6 rings (SSSR count). The van der Waals surface area contributed by atoms with Crippen molar-refractivity contribution < 1.29 is 42.4 Å². The Balaban J connectivity index is 1.20. The molecule has 238 valence electrons. The van der Waals surface area contributed by atoms with E-state index in [1.165, 1.54) is 28.1 Å². The van der Waals surface area contributed by atoms with Crippen molar-refractivity contribution in [2.45, 2.75) is 49.4 Å². The van der Waals surface area contributed by atoms with Gasteiger partial charge in [0.15, 0.2) is 35.1 Å². The number of hydrogen-bond donors (Lipinski definition) is 7. The first-order valence-electron chi connectivity index (χ1n) is 12.8. The van der Waals surface area contributed by atoms with E-state index in [9.17, 15) is 24.1 Å². The predicted octanol–water partition coefficient (Wildman–Crippen LogP) is -0.194. The Morgan fingerprint density at radius 2 is 1.86 bits per heavy atom. The van der Waals surface area contributed by atoms with Gasteiger partial charge in [0.05, 0.1) is 32.0 Å². The van der Waals surface area contributed by atoms with Crippen molar-refractivity contribution in [3.63, 3.8) is 0 Å². The maximum absolute atomic E-state index is 13.5. The number of nitrogen functional groups attached to an aromatic ring is 2. The van der Waals surface area contributed by atoms with Crippen molar-refractivity contribution in [1.82, 2.24) is 39.0 Å². The molecule has 4 aromatic rings. The molecule has 7 N–H and O–H groups in total. The second-order valence-electron chi connectivity index (χ2n) is 9.74. The van der Waals surface area contributed by atoms with Gasteiger partial charge in [-0.3, -0.25) is 32.5 Å². The molecule has 24 heteroatoms. The molecule has 0 amide bonds. The number of aromatic amines is 1. The second-order valence-corrected chi connectivity index (χ2v) is 14.5. The molecule has 2 aliphatic heterocycles. The van der Waals surface area contributed by atoms with Gasteiger partial charge in [0.1, 0.15) is 36.3 Å². The molecule has 0 bridgehead atoms. The number of thiol groups is 2. The van der Waals surface area contributed by atoms with Crippen molar-refractivity contribution >= 4 is 72.6 Å². The predicted molar refractivity (Wildman–Crippen MR) is 158 cm³/mol. The van der Waals surface area contributed by atoms with Gasteiger partial charge < -0.3 is 35.7 Å². The fourth-order valence-corrected chi connectivity index (χ4v) is 7.45. The van der Waals surface area contributed by atoms with Gasteiger partial charge in [0.2, 0.25) is 13.2 Å². The first-order chi connectivity index (χ1) is 21.0. The average Bonchev–Trinajstić information content (AvgIpc) is 3.73. The van der Waals surface area contributed by atoms with Gasteiger partial charge >= 0.3 is 6.80 Å². The number of nitrogens with one attached hydrogen (secondary N) is 1. The third-order valence-electron chi connectivity index (χ3n) is 6.95. The van der Waals surface area contributed by atoms with E-state index in [-0.39, 0.29) is 40.5 Å². The molecular formula is C20H26N10O10P2S2. The number of H-pyrrole nitrogens is 1. The summed E-state index contributed by atoms with van der Waals surface area (Å²) in [6.45, 7) is -5.13. The van der Waals surface area contributed by atoms with Crippen LogP contribution < -0.4 is 17.0 Å². The molecule has 0 saturated carbocycles. The number of aromatic nitrogens is 8. The zero-order valence-corrected chi connectivity index (χ0v) is 25.9. The summed E-state index contributed by atoms with van der Waals surface area (Å²) >= 11 is 7.92. The Morgan fingerprint density at radius 1 is 1.14 bits per heavy atom. The number of aliphatic hydroxyl groups is 2. The van der Waals surface area contributed by atoms with Gasteiger partial charge in [-0.1, -0.05) is 24.5 Å². The average molecular weight is 693 g/mol. The van der Waals surface area contributed by atoms with Gasteiger partial charge in [-0.2, -0.15) is 4.98 Å². The summed E-state index contributed by atoms with van der Waals surface area (Å²) in [5.74, 6) is -0.0614. The van der Waals surface area contributed by atoms with E-state index in [4.69, 9.17) is 34.5 Å². The SMILES string of the molecule is Nc1nc2c(ncn2[C@@H]2O[C@H](CO)C[C@@H]2OP(=O)(S)OC[C@H]2O[C@@H](n3cnc4c(N)ncnc43)[C@@H](O)C2O[PH](=O)S)c(=O)[nH]1. The normalized spacial score (nSPS) is 29.4. The van der Waals surface area contributed by atoms with Crippen molar-refractivity contribution in [1.29, 1.82) is 0 Å². The van der Waals surface area contributed by atoms with Crippen LogP contribution in [0.5, 0.6) is 0 Å². The third kappa shape index (κ3) is 5.99. The van der Waals surface area contributed by atoms with Gasteiger partial charge in [-0.15, -0.1) is 0 Å². The minimum absolute atomic E-state index is 0.0277. The molecular weight excluding hydrogens is 666 g/mol. The van der Waals surface area contributed by atoms with Gasteiger partial charge in [0.25, 0.3) is 5.56 Å². The highest BCUT2D eigenvalue weighted by molar-refractivity contribution is 8.44. The number of nitrogens with two attached hydrogens (primary N) is 2. The Bertz CT molecular complexity index is 1820. The topological polar surface area (TPSA) is 280 Å². The molecule has 20 nitrogen and oxygen atoms in total. The highest BCUT2D eigenvalue weighted by atomic mass is 32.7. The largest absolute Gasteiger partial charge is 0.394 e. The van der Waals surface area contributed by atoms with E-state index in [2.05, 4.69) is 54.4 Å². The summed E-state index contributed by atoms with van der Waals surface area (Å²) in [6, 6.07) is 0. The van der Waals surface area contributed by atoms with Crippen LogP contribution >= 0.6 is 38.5 Å². The van der Waals surface area contributed by atoms with Crippen LogP contribution in [0.1, 0.15) is 18.9 Å². The zero-order chi connectivity index (χ0) is 31.3. The van der Waals surface area contributed by atoms with Crippen LogP contribution in [0.15, 0.2) is 23.8 Å². The van der Waals surface area contributed by atoms with Crippen LogP contribution in [0, 0.1) is 0 Å². The summed E-state index contributed by atoms with van der Waals surface area (Å²) in [6.07, 6.45) is -3.93. The molecule has 2 aliphatic rings.